The normalized spacial score (nSPS) is 11.7. The van der Waals surface area contributed by atoms with Crippen molar-refractivity contribution in [3.63, 3.8) is 0 Å². The van der Waals surface area contributed by atoms with Crippen molar-refractivity contribution >= 4 is 16.8 Å². The first kappa shape index (κ1) is 13.7. The van der Waals surface area contributed by atoms with Crippen LogP contribution in [0.3, 0.4) is 0 Å². The monoisotopic (exact) mass is 258 g/mol. The third-order valence-electron chi connectivity index (χ3n) is 4.03. The van der Waals surface area contributed by atoms with Crippen LogP contribution in [-0.4, -0.2) is 16.4 Å². The summed E-state index contributed by atoms with van der Waals surface area (Å²) in [4.78, 5) is 15.4. The second-order valence-corrected chi connectivity index (χ2v) is 5.35. The van der Waals surface area contributed by atoms with E-state index < -0.39 is 0 Å². The van der Waals surface area contributed by atoms with Gasteiger partial charge in [0, 0.05) is 22.6 Å². The highest BCUT2D eigenvalue weighted by Crippen LogP contribution is 2.19. The summed E-state index contributed by atoms with van der Waals surface area (Å²) >= 11 is 0. The molecule has 0 spiro atoms. The van der Waals surface area contributed by atoms with Crippen molar-refractivity contribution in [3.05, 3.63) is 36.0 Å². The van der Waals surface area contributed by atoms with Crippen molar-refractivity contribution in [3.8, 4) is 0 Å². The molecule has 1 amide bonds. The number of hydrogen-bond acceptors (Lipinski definition) is 1. The topological polar surface area (TPSA) is 44.9 Å². The lowest BCUT2D eigenvalue weighted by Crippen LogP contribution is -2.45. The van der Waals surface area contributed by atoms with Gasteiger partial charge in [-0.05, 0) is 31.4 Å². The van der Waals surface area contributed by atoms with Gasteiger partial charge in [0.25, 0.3) is 0 Å². The number of para-hydroxylation sites is 1. The van der Waals surface area contributed by atoms with Gasteiger partial charge in [-0.15, -0.1) is 0 Å². The number of rotatable bonds is 5. The number of hydrogen-bond donors (Lipinski definition) is 2. The summed E-state index contributed by atoms with van der Waals surface area (Å²) in [6, 6.07) is 8.07. The minimum Gasteiger partial charge on any atom is -0.361 e. The van der Waals surface area contributed by atoms with Gasteiger partial charge in [-0.25, -0.2) is 0 Å². The second kappa shape index (κ2) is 5.47. The van der Waals surface area contributed by atoms with Gasteiger partial charge in [-0.1, -0.05) is 32.0 Å². The maximum atomic E-state index is 12.2. The fourth-order valence-electron chi connectivity index (χ4n) is 2.26. The number of carbonyl (C=O) groups is 1. The van der Waals surface area contributed by atoms with E-state index in [1.165, 1.54) is 0 Å². The van der Waals surface area contributed by atoms with E-state index in [2.05, 4.69) is 31.1 Å². The molecular weight excluding hydrogens is 236 g/mol. The molecule has 102 valence electrons. The van der Waals surface area contributed by atoms with Crippen LogP contribution in [0, 0.1) is 0 Å². The molecule has 0 aliphatic carbocycles. The lowest BCUT2D eigenvalue weighted by molar-refractivity contribution is -0.122. The molecule has 0 aliphatic rings. The average molecular weight is 258 g/mol. The Kier molecular flexibility index (Phi) is 3.93. The molecule has 0 saturated heterocycles. The fraction of sp³-hybridized carbons (Fsp3) is 0.438. The first-order valence-electron chi connectivity index (χ1n) is 6.94. The van der Waals surface area contributed by atoms with Crippen LogP contribution < -0.4 is 5.32 Å². The molecule has 2 rings (SSSR count). The molecular formula is C16H22N2O. The number of fused-ring (bicyclic) bond motifs is 1. The van der Waals surface area contributed by atoms with E-state index in [1.54, 1.807) is 0 Å². The van der Waals surface area contributed by atoms with Crippen molar-refractivity contribution in [1.82, 2.24) is 10.3 Å². The third kappa shape index (κ3) is 2.98. The second-order valence-electron chi connectivity index (χ2n) is 5.35. The number of nitrogens with one attached hydrogen (secondary N) is 2. The molecule has 0 atom stereocenters. The Bertz CT molecular complexity index is 567. The molecule has 1 aromatic carbocycles. The van der Waals surface area contributed by atoms with Gasteiger partial charge >= 0.3 is 0 Å². The van der Waals surface area contributed by atoms with Gasteiger partial charge in [-0.3, -0.25) is 4.79 Å². The third-order valence-corrected chi connectivity index (χ3v) is 4.03. The molecule has 0 fully saturated rings. The number of amides is 1. The summed E-state index contributed by atoms with van der Waals surface area (Å²) in [5.74, 6) is 0.0935. The van der Waals surface area contributed by atoms with Crippen LogP contribution in [0.4, 0.5) is 0 Å². The molecule has 19 heavy (non-hydrogen) atoms. The Labute approximate surface area is 114 Å². The number of carbonyl (C=O) groups excluding carboxylic acids is 1. The van der Waals surface area contributed by atoms with E-state index in [1.807, 2.05) is 30.5 Å². The van der Waals surface area contributed by atoms with Crippen LogP contribution in [0.25, 0.3) is 10.9 Å². The van der Waals surface area contributed by atoms with Crippen LogP contribution in [0.15, 0.2) is 30.5 Å². The van der Waals surface area contributed by atoms with Crippen molar-refractivity contribution < 1.29 is 4.79 Å². The van der Waals surface area contributed by atoms with Crippen molar-refractivity contribution in [2.24, 2.45) is 0 Å². The lowest BCUT2D eigenvalue weighted by Gasteiger charge is -2.28. The smallest absolute Gasteiger partial charge is 0.224 e. The van der Waals surface area contributed by atoms with Crippen molar-refractivity contribution in [2.75, 3.05) is 0 Å². The summed E-state index contributed by atoms with van der Waals surface area (Å²) in [5, 5.41) is 4.27. The Morgan fingerprint density at radius 2 is 1.95 bits per heavy atom. The fourth-order valence-corrected chi connectivity index (χ4v) is 2.26. The highest BCUT2D eigenvalue weighted by Gasteiger charge is 2.22. The summed E-state index contributed by atoms with van der Waals surface area (Å²) < 4.78 is 0. The van der Waals surface area contributed by atoms with Crippen LogP contribution in [-0.2, 0) is 11.2 Å². The summed E-state index contributed by atoms with van der Waals surface area (Å²) in [7, 11) is 0. The molecule has 3 nitrogen and oxygen atoms in total. The molecule has 1 heterocycles. The molecule has 2 aromatic rings. The zero-order chi connectivity index (χ0) is 13.9. The van der Waals surface area contributed by atoms with Crippen LogP contribution >= 0.6 is 0 Å². The minimum absolute atomic E-state index is 0.0935. The van der Waals surface area contributed by atoms with Crippen LogP contribution in [0.1, 0.15) is 39.2 Å². The zero-order valence-corrected chi connectivity index (χ0v) is 11.9. The SMILES string of the molecule is CCC(C)(CC)NC(=O)Cc1c[nH]c2ccccc12. The van der Waals surface area contributed by atoms with E-state index in [4.69, 9.17) is 0 Å². The van der Waals surface area contributed by atoms with Crippen molar-refractivity contribution in [2.45, 2.75) is 45.6 Å². The van der Waals surface area contributed by atoms with E-state index in [-0.39, 0.29) is 11.4 Å². The number of aromatic nitrogens is 1. The van der Waals surface area contributed by atoms with Gasteiger partial charge in [0.15, 0.2) is 0 Å². The van der Waals surface area contributed by atoms with E-state index in [0.29, 0.717) is 6.42 Å². The molecule has 0 saturated carbocycles. The largest absolute Gasteiger partial charge is 0.361 e. The first-order chi connectivity index (χ1) is 9.08. The first-order valence-corrected chi connectivity index (χ1v) is 6.94. The molecule has 1 aromatic heterocycles. The maximum absolute atomic E-state index is 12.2. The number of benzene rings is 1. The number of aromatic amines is 1. The van der Waals surface area contributed by atoms with E-state index in [9.17, 15) is 4.79 Å². The van der Waals surface area contributed by atoms with Gasteiger partial charge in [-0.2, -0.15) is 0 Å². The quantitative estimate of drug-likeness (QED) is 0.848. The predicted octanol–water partition coefficient (Wildman–Crippen LogP) is 3.41. The molecule has 0 unspecified atom stereocenters. The Morgan fingerprint density at radius 1 is 1.26 bits per heavy atom. The van der Waals surface area contributed by atoms with Crippen LogP contribution in [0.2, 0.25) is 0 Å². The molecule has 0 bridgehead atoms. The Hall–Kier alpha value is -1.77. The molecule has 0 aliphatic heterocycles. The predicted molar refractivity (Wildman–Crippen MR) is 79.1 cm³/mol. The average Bonchev–Trinajstić information content (AvgIpc) is 2.82. The van der Waals surface area contributed by atoms with E-state index >= 15 is 0 Å². The highest BCUT2D eigenvalue weighted by atomic mass is 16.1. The van der Waals surface area contributed by atoms with E-state index in [0.717, 1.165) is 29.3 Å². The van der Waals surface area contributed by atoms with Crippen LogP contribution in [0.5, 0.6) is 0 Å². The van der Waals surface area contributed by atoms with Gasteiger partial charge < -0.3 is 10.3 Å². The van der Waals surface area contributed by atoms with Gasteiger partial charge in [0.1, 0.15) is 0 Å². The van der Waals surface area contributed by atoms with Gasteiger partial charge in [0.05, 0.1) is 6.42 Å². The Morgan fingerprint density at radius 3 is 2.63 bits per heavy atom. The highest BCUT2D eigenvalue weighted by molar-refractivity contribution is 5.89. The Balaban J connectivity index is 2.11. The summed E-state index contributed by atoms with van der Waals surface area (Å²) in [6.07, 6.45) is 4.26. The summed E-state index contributed by atoms with van der Waals surface area (Å²) in [5.41, 5.74) is 2.05. The summed E-state index contributed by atoms with van der Waals surface area (Å²) in [6.45, 7) is 6.31. The molecule has 3 heteroatoms. The minimum atomic E-state index is -0.0941. The lowest BCUT2D eigenvalue weighted by atomic mass is 9.95. The zero-order valence-electron chi connectivity index (χ0n) is 11.9. The van der Waals surface area contributed by atoms with Crippen molar-refractivity contribution in [1.29, 1.82) is 0 Å². The maximum Gasteiger partial charge on any atom is 0.224 e. The standard InChI is InChI=1S/C16H22N2O/c1-4-16(3,5-2)18-15(19)10-12-11-17-14-9-7-6-8-13(12)14/h6-9,11,17H,4-5,10H2,1-3H3,(H,18,19). The van der Waals surface area contributed by atoms with Gasteiger partial charge in [0.2, 0.25) is 5.91 Å². The molecule has 2 N–H and O–H groups in total. The molecule has 0 radical (unpaired) electrons. The number of H-pyrrole nitrogens is 1.